The molecule has 0 saturated carbocycles. The monoisotopic (exact) mass is 400 g/mol. The maximum atomic E-state index is 13.0. The lowest BCUT2D eigenvalue weighted by Crippen LogP contribution is -2.54. The van der Waals surface area contributed by atoms with Crippen molar-refractivity contribution in [2.45, 2.75) is 13.8 Å². The summed E-state index contributed by atoms with van der Waals surface area (Å²) in [7, 11) is 1.60. The molecule has 0 aromatic heterocycles. The molecule has 0 unspecified atom stereocenters. The van der Waals surface area contributed by atoms with Crippen molar-refractivity contribution >= 4 is 52.5 Å². The molecule has 0 spiro atoms. The number of anilines is 1. The second kappa shape index (κ2) is 7.50. The molecule has 1 heterocycles. The van der Waals surface area contributed by atoms with Gasteiger partial charge in [-0.1, -0.05) is 17.7 Å². The summed E-state index contributed by atoms with van der Waals surface area (Å²) >= 11 is 11.1. The molecule has 1 saturated heterocycles. The second-order valence-corrected chi connectivity index (χ2v) is 6.86. The Kier molecular flexibility index (Phi) is 5.30. The molecule has 0 radical (unpaired) electrons. The van der Waals surface area contributed by atoms with Crippen molar-refractivity contribution in [3.63, 3.8) is 0 Å². The number of carbonyl (C=O) groups is 2. The number of amides is 2. The van der Waals surface area contributed by atoms with E-state index in [1.165, 1.54) is 4.90 Å². The van der Waals surface area contributed by atoms with Crippen LogP contribution in [0.5, 0.6) is 5.75 Å². The number of carbonyl (C=O) groups excluding carboxylic acids is 2. The van der Waals surface area contributed by atoms with Gasteiger partial charge in [-0.05, 0) is 79.2 Å². The highest BCUT2D eigenvalue weighted by atomic mass is 35.5. The number of hydrogen-bond donors (Lipinski definition) is 1. The minimum Gasteiger partial charge on any atom is -0.496 e. The minimum atomic E-state index is -0.525. The fraction of sp³-hybridized carbons (Fsp3) is 0.150. The average molecular weight is 401 g/mol. The molecule has 0 aliphatic carbocycles. The molecule has 1 aliphatic heterocycles. The van der Waals surface area contributed by atoms with Gasteiger partial charge in [-0.25, -0.2) is 0 Å². The molecule has 1 fully saturated rings. The Labute approximate surface area is 167 Å². The maximum Gasteiger partial charge on any atom is 0.270 e. The molecule has 2 amide bonds. The van der Waals surface area contributed by atoms with E-state index in [-0.39, 0.29) is 10.7 Å². The first-order valence-corrected chi connectivity index (χ1v) is 8.93. The number of rotatable bonds is 3. The van der Waals surface area contributed by atoms with Crippen molar-refractivity contribution in [1.82, 2.24) is 5.32 Å². The predicted octanol–water partition coefficient (Wildman–Crippen LogP) is 3.80. The topological polar surface area (TPSA) is 58.6 Å². The molecule has 1 aliphatic rings. The van der Waals surface area contributed by atoms with Crippen LogP contribution in [-0.2, 0) is 9.59 Å². The number of ether oxygens (including phenoxy) is 1. The van der Waals surface area contributed by atoms with E-state index in [1.54, 1.807) is 37.5 Å². The van der Waals surface area contributed by atoms with Crippen LogP contribution in [0, 0.1) is 13.8 Å². The summed E-state index contributed by atoms with van der Waals surface area (Å²) in [4.78, 5) is 26.7. The van der Waals surface area contributed by atoms with Crippen LogP contribution in [0.3, 0.4) is 0 Å². The number of nitrogens with zero attached hydrogens (tertiary/aromatic N) is 1. The first kappa shape index (κ1) is 19.1. The molecular weight excluding hydrogens is 384 g/mol. The van der Waals surface area contributed by atoms with Crippen molar-refractivity contribution in [2.75, 3.05) is 12.0 Å². The highest BCUT2D eigenvalue weighted by Crippen LogP contribution is 2.27. The van der Waals surface area contributed by atoms with E-state index < -0.39 is 11.8 Å². The summed E-state index contributed by atoms with van der Waals surface area (Å²) < 4.78 is 5.31. The zero-order chi connectivity index (χ0) is 19.7. The van der Waals surface area contributed by atoms with E-state index >= 15 is 0 Å². The van der Waals surface area contributed by atoms with Crippen molar-refractivity contribution in [3.8, 4) is 5.75 Å². The van der Waals surface area contributed by atoms with Crippen molar-refractivity contribution in [3.05, 3.63) is 63.7 Å². The standard InChI is InChI=1S/C20H17ClN2O3S/c1-11-12(2)17(26-3)9-4-13(11)10-16-18(24)22-20(27)23(19(16)25)15-7-5-14(21)6-8-15/h4-10H,1-3H3,(H,22,24,27)/b16-10-. The van der Waals surface area contributed by atoms with Crippen LogP contribution in [0.2, 0.25) is 5.02 Å². The number of thiocarbonyl (C=S) groups is 1. The van der Waals surface area contributed by atoms with Gasteiger partial charge in [0.25, 0.3) is 11.8 Å². The third kappa shape index (κ3) is 3.59. The molecule has 27 heavy (non-hydrogen) atoms. The summed E-state index contributed by atoms with van der Waals surface area (Å²) in [6, 6.07) is 10.3. The molecule has 0 bridgehead atoms. The largest absolute Gasteiger partial charge is 0.496 e. The summed E-state index contributed by atoms with van der Waals surface area (Å²) in [6.07, 6.45) is 1.57. The average Bonchev–Trinajstić information content (AvgIpc) is 2.63. The van der Waals surface area contributed by atoms with Crippen molar-refractivity contribution in [1.29, 1.82) is 0 Å². The van der Waals surface area contributed by atoms with E-state index in [0.717, 1.165) is 22.4 Å². The highest BCUT2D eigenvalue weighted by Gasteiger charge is 2.34. The zero-order valence-corrected chi connectivity index (χ0v) is 16.6. The smallest absolute Gasteiger partial charge is 0.270 e. The lowest BCUT2D eigenvalue weighted by molar-refractivity contribution is -0.122. The number of nitrogens with one attached hydrogen (secondary N) is 1. The maximum absolute atomic E-state index is 13.0. The van der Waals surface area contributed by atoms with Gasteiger partial charge in [0.05, 0.1) is 12.8 Å². The van der Waals surface area contributed by atoms with Crippen LogP contribution < -0.4 is 15.0 Å². The van der Waals surface area contributed by atoms with E-state index in [9.17, 15) is 9.59 Å². The van der Waals surface area contributed by atoms with Crippen molar-refractivity contribution in [2.24, 2.45) is 0 Å². The molecule has 2 aromatic rings. The quantitative estimate of drug-likeness (QED) is 0.483. The van der Waals surface area contributed by atoms with E-state index in [2.05, 4.69) is 5.32 Å². The number of halogens is 1. The summed E-state index contributed by atoms with van der Waals surface area (Å²) in [5.74, 6) is -0.264. The molecule has 2 aromatic carbocycles. The lowest BCUT2D eigenvalue weighted by atomic mass is 9.99. The molecule has 7 heteroatoms. The minimum absolute atomic E-state index is 0.00576. The van der Waals surface area contributed by atoms with Crippen LogP contribution in [-0.4, -0.2) is 24.0 Å². The number of methoxy groups -OCH3 is 1. The first-order valence-electron chi connectivity index (χ1n) is 8.14. The second-order valence-electron chi connectivity index (χ2n) is 6.04. The Bertz CT molecular complexity index is 983. The number of hydrogen-bond acceptors (Lipinski definition) is 4. The predicted molar refractivity (Wildman–Crippen MR) is 110 cm³/mol. The Morgan fingerprint density at radius 3 is 2.37 bits per heavy atom. The van der Waals surface area contributed by atoms with Gasteiger partial charge in [0.15, 0.2) is 5.11 Å². The normalized spacial score (nSPS) is 15.9. The van der Waals surface area contributed by atoms with Gasteiger partial charge in [-0.3, -0.25) is 19.8 Å². The number of benzene rings is 2. The van der Waals surface area contributed by atoms with Crippen molar-refractivity contribution < 1.29 is 14.3 Å². The molecule has 1 N–H and O–H groups in total. The van der Waals surface area contributed by atoms with Gasteiger partial charge in [0.2, 0.25) is 0 Å². The van der Waals surface area contributed by atoms with Gasteiger partial charge >= 0.3 is 0 Å². The van der Waals surface area contributed by atoms with E-state index in [1.807, 2.05) is 26.0 Å². The Hall–Kier alpha value is -2.70. The van der Waals surface area contributed by atoms with Crippen LogP contribution in [0.25, 0.3) is 6.08 Å². The Balaban J connectivity index is 2.04. The van der Waals surface area contributed by atoms with E-state index in [4.69, 9.17) is 28.6 Å². The van der Waals surface area contributed by atoms with Gasteiger partial charge < -0.3 is 4.74 Å². The third-order valence-electron chi connectivity index (χ3n) is 4.49. The molecule has 0 atom stereocenters. The van der Waals surface area contributed by atoms with Crippen LogP contribution in [0.4, 0.5) is 5.69 Å². The molecular formula is C20H17ClN2O3S. The zero-order valence-electron chi connectivity index (χ0n) is 15.0. The van der Waals surface area contributed by atoms with Gasteiger partial charge in [-0.15, -0.1) is 0 Å². The first-order chi connectivity index (χ1) is 12.8. The van der Waals surface area contributed by atoms with Gasteiger partial charge in [-0.2, -0.15) is 0 Å². The Morgan fingerprint density at radius 2 is 1.74 bits per heavy atom. The summed E-state index contributed by atoms with van der Waals surface area (Å²) in [6.45, 7) is 3.84. The van der Waals surface area contributed by atoms with Gasteiger partial charge in [0.1, 0.15) is 11.3 Å². The van der Waals surface area contributed by atoms with Crippen LogP contribution in [0.15, 0.2) is 42.0 Å². The van der Waals surface area contributed by atoms with Crippen LogP contribution >= 0.6 is 23.8 Å². The van der Waals surface area contributed by atoms with E-state index in [0.29, 0.717) is 10.7 Å². The summed E-state index contributed by atoms with van der Waals surface area (Å²) in [5.41, 5.74) is 3.17. The lowest BCUT2D eigenvalue weighted by Gasteiger charge is -2.29. The van der Waals surface area contributed by atoms with Crippen LogP contribution in [0.1, 0.15) is 16.7 Å². The molecule has 3 rings (SSSR count). The Morgan fingerprint density at radius 1 is 1.07 bits per heavy atom. The molecule has 5 nitrogen and oxygen atoms in total. The summed E-state index contributed by atoms with van der Waals surface area (Å²) in [5, 5.41) is 3.15. The highest BCUT2D eigenvalue weighted by molar-refractivity contribution is 7.80. The SMILES string of the molecule is COc1ccc(/C=C2/C(=O)NC(=S)N(c3ccc(Cl)cc3)C2=O)c(C)c1C. The fourth-order valence-electron chi connectivity index (χ4n) is 2.83. The molecule has 138 valence electrons. The van der Waals surface area contributed by atoms with Gasteiger partial charge in [0, 0.05) is 5.02 Å². The fourth-order valence-corrected chi connectivity index (χ4v) is 3.24. The third-order valence-corrected chi connectivity index (χ3v) is 5.02.